The number of nitrogens with zero attached hydrogens (tertiary/aromatic N) is 3. The minimum absolute atomic E-state index is 0.0859. The molecule has 17 heavy (non-hydrogen) atoms. The van der Waals surface area contributed by atoms with E-state index < -0.39 is 0 Å². The second kappa shape index (κ2) is 4.67. The normalized spacial score (nSPS) is 12.7. The number of aromatic nitrogens is 3. The van der Waals surface area contributed by atoms with Gasteiger partial charge in [-0.05, 0) is 19.9 Å². The zero-order chi connectivity index (χ0) is 12.4. The number of hydrogen-bond donors (Lipinski definition) is 1. The molecule has 1 heterocycles. The van der Waals surface area contributed by atoms with Crippen LogP contribution in [0.4, 0.5) is 0 Å². The van der Waals surface area contributed by atoms with Crippen LogP contribution in [0.5, 0.6) is 0 Å². The number of benzene rings is 1. The van der Waals surface area contributed by atoms with Crippen LogP contribution < -0.4 is 5.73 Å². The van der Waals surface area contributed by atoms with Crippen molar-refractivity contribution in [3.05, 3.63) is 35.7 Å². The van der Waals surface area contributed by atoms with Gasteiger partial charge in [0.2, 0.25) is 0 Å². The average molecular weight is 230 g/mol. The molecule has 90 valence electrons. The summed E-state index contributed by atoms with van der Waals surface area (Å²) in [7, 11) is 1.91. The average Bonchev–Trinajstić information content (AvgIpc) is 2.58. The lowest BCUT2D eigenvalue weighted by Gasteiger charge is -2.00. The van der Waals surface area contributed by atoms with Crippen LogP contribution in [0.2, 0.25) is 0 Å². The molecule has 0 amide bonds. The van der Waals surface area contributed by atoms with Gasteiger partial charge < -0.3 is 5.73 Å². The molecule has 0 fully saturated rings. The predicted octanol–water partition coefficient (Wildman–Crippen LogP) is 1.68. The predicted molar refractivity (Wildman–Crippen MR) is 68.5 cm³/mol. The fraction of sp³-hybridized carbons (Fsp3) is 0.385. The first-order chi connectivity index (χ1) is 8.06. The van der Waals surface area contributed by atoms with Gasteiger partial charge in [-0.1, -0.05) is 23.8 Å². The summed E-state index contributed by atoms with van der Waals surface area (Å²) >= 11 is 0. The Labute approximate surface area is 101 Å². The maximum atomic E-state index is 5.76. The molecule has 0 bridgehead atoms. The third-order valence-electron chi connectivity index (χ3n) is 2.59. The lowest BCUT2D eigenvalue weighted by molar-refractivity contribution is 0.681. The fourth-order valence-corrected chi connectivity index (χ4v) is 1.85. The van der Waals surface area contributed by atoms with E-state index in [9.17, 15) is 0 Å². The molecule has 0 radical (unpaired) electrons. The molecular weight excluding hydrogens is 212 g/mol. The van der Waals surface area contributed by atoms with Crippen LogP contribution in [0.3, 0.4) is 0 Å². The molecule has 1 aromatic carbocycles. The highest BCUT2D eigenvalue weighted by molar-refractivity contribution is 5.56. The molecule has 0 aliphatic rings. The number of aryl methyl sites for hydroxylation is 2. The standard InChI is InChI=1S/C13H18N4/c1-9-5-4-6-11(7-9)13-15-12(8-10(2)14)16-17(13)3/h4-7,10H,8,14H2,1-3H3. The molecule has 2 aromatic rings. The van der Waals surface area contributed by atoms with Crippen molar-refractivity contribution in [2.24, 2.45) is 12.8 Å². The molecule has 0 aliphatic heterocycles. The van der Waals surface area contributed by atoms with Gasteiger partial charge >= 0.3 is 0 Å². The zero-order valence-corrected chi connectivity index (χ0v) is 10.5. The van der Waals surface area contributed by atoms with Crippen molar-refractivity contribution in [3.63, 3.8) is 0 Å². The van der Waals surface area contributed by atoms with Gasteiger partial charge in [0.25, 0.3) is 0 Å². The third kappa shape index (κ3) is 2.71. The van der Waals surface area contributed by atoms with Crippen LogP contribution in [0.1, 0.15) is 18.3 Å². The Hall–Kier alpha value is -1.68. The van der Waals surface area contributed by atoms with Crippen molar-refractivity contribution in [2.45, 2.75) is 26.3 Å². The highest BCUT2D eigenvalue weighted by Crippen LogP contribution is 2.18. The van der Waals surface area contributed by atoms with Crippen LogP contribution >= 0.6 is 0 Å². The molecule has 2 rings (SSSR count). The van der Waals surface area contributed by atoms with Crippen molar-refractivity contribution < 1.29 is 0 Å². The van der Waals surface area contributed by atoms with E-state index in [1.54, 1.807) is 0 Å². The Morgan fingerprint density at radius 1 is 1.41 bits per heavy atom. The van der Waals surface area contributed by atoms with E-state index in [4.69, 9.17) is 5.73 Å². The van der Waals surface area contributed by atoms with Crippen molar-refractivity contribution in [1.29, 1.82) is 0 Å². The molecule has 2 N–H and O–H groups in total. The molecule has 0 saturated carbocycles. The van der Waals surface area contributed by atoms with Crippen molar-refractivity contribution in [3.8, 4) is 11.4 Å². The van der Waals surface area contributed by atoms with E-state index in [0.717, 1.165) is 17.2 Å². The summed E-state index contributed by atoms with van der Waals surface area (Å²) in [5, 5.41) is 4.38. The summed E-state index contributed by atoms with van der Waals surface area (Å²) in [5.41, 5.74) is 8.07. The molecule has 0 spiro atoms. The molecule has 4 nitrogen and oxygen atoms in total. The minimum atomic E-state index is 0.0859. The number of hydrogen-bond acceptors (Lipinski definition) is 3. The Morgan fingerprint density at radius 3 is 2.82 bits per heavy atom. The van der Waals surface area contributed by atoms with Crippen LogP contribution in [0.15, 0.2) is 24.3 Å². The van der Waals surface area contributed by atoms with E-state index in [1.807, 2.05) is 30.8 Å². The first-order valence-corrected chi connectivity index (χ1v) is 5.79. The van der Waals surface area contributed by atoms with Gasteiger partial charge in [0.15, 0.2) is 11.6 Å². The smallest absolute Gasteiger partial charge is 0.158 e. The second-order valence-electron chi connectivity index (χ2n) is 4.53. The molecule has 0 saturated heterocycles. The van der Waals surface area contributed by atoms with Gasteiger partial charge in [-0.25, -0.2) is 9.67 Å². The van der Waals surface area contributed by atoms with Crippen LogP contribution in [-0.4, -0.2) is 20.8 Å². The first-order valence-electron chi connectivity index (χ1n) is 5.79. The van der Waals surface area contributed by atoms with Crippen molar-refractivity contribution in [2.75, 3.05) is 0 Å². The van der Waals surface area contributed by atoms with E-state index in [-0.39, 0.29) is 6.04 Å². The lowest BCUT2D eigenvalue weighted by atomic mass is 10.1. The summed E-state index contributed by atoms with van der Waals surface area (Å²) in [6.45, 7) is 4.03. The molecule has 4 heteroatoms. The second-order valence-corrected chi connectivity index (χ2v) is 4.53. The maximum Gasteiger partial charge on any atom is 0.158 e. The third-order valence-corrected chi connectivity index (χ3v) is 2.59. The quantitative estimate of drug-likeness (QED) is 0.872. The molecule has 1 unspecified atom stereocenters. The van der Waals surface area contributed by atoms with Gasteiger partial charge in [-0.3, -0.25) is 0 Å². The minimum Gasteiger partial charge on any atom is -0.328 e. The fourth-order valence-electron chi connectivity index (χ4n) is 1.85. The Bertz CT molecular complexity index is 514. The summed E-state index contributed by atoms with van der Waals surface area (Å²) < 4.78 is 1.81. The van der Waals surface area contributed by atoms with Gasteiger partial charge in [0, 0.05) is 25.1 Å². The van der Waals surface area contributed by atoms with Crippen LogP contribution in [0.25, 0.3) is 11.4 Å². The van der Waals surface area contributed by atoms with Gasteiger partial charge in [0.05, 0.1) is 0 Å². The zero-order valence-electron chi connectivity index (χ0n) is 10.5. The maximum absolute atomic E-state index is 5.76. The molecular formula is C13H18N4. The van der Waals surface area contributed by atoms with E-state index in [1.165, 1.54) is 5.56 Å². The summed E-state index contributed by atoms with van der Waals surface area (Å²) in [6, 6.07) is 8.35. The molecule has 1 atom stereocenters. The van der Waals surface area contributed by atoms with E-state index in [2.05, 4.69) is 29.1 Å². The van der Waals surface area contributed by atoms with Crippen LogP contribution in [0, 0.1) is 6.92 Å². The number of rotatable bonds is 3. The molecule has 1 aromatic heterocycles. The highest BCUT2D eigenvalue weighted by Gasteiger charge is 2.10. The Morgan fingerprint density at radius 2 is 2.18 bits per heavy atom. The monoisotopic (exact) mass is 230 g/mol. The van der Waals surface area contributed by atoms with E-state index >= 15 is 0 Å². The van der Waals surface area contributed by atoms with Gasteiger partial charge in [-0.2, -0.15) is 5.10 Å². The van der Waals surface area contributed by atoms with Crippen molar-refractivity contribution >= 4 is 0 Å². The summed E-state index contributed by atoms with van der Waals surface area (Å²) in [5.74, 6) is 1.70. The Kier molecular flexibility index (Phi) is 3.24. The van der Waals surface area contributed by atoms with Crippen molar-refractivity contribution in [1.82, 2.24) is 14.8 Å². The molecule has 0 aliphatic carbocycles. The topological polar surface area (TPSA) is 56.7 Å². The lowest BCUT2D eigenvalue weighted by Crippen LogP contribution is -2.18. The van der Waals surface area contributed by atoms with E-state index in [0.29, 0.717) is 6.42 Å². The SMILES string of the molecule is Cc1cccc(-c2nc(CC(C)N)nn2C)c1. The Balaban J connectivity index is 2.36. The van der Waals surface area contributed by atoms with Gasteiger partial charge in [0.1, 0.15) is 0 Å². The summed E-state index contributed by atoms with van der Waals surface area (Å²) in [6.07, 6.45) is 0.708. The highest BCUT2D eigenvalue weighted by atomic mass is 15.3. The summed E-state index contributed by atoms with van der Waals surface area (Å²) in [4.78, 5) is 4.53. The van der Waals surface area contributed by atoms with Crippen LogP contribution in [-0.2, 0) is 13.5 Å². The largest absolute Gasteiger partial charge is 0.328 e. The first kappa shape index (κ1) is 11.8. The number of nitrogens with two attached hydrogens (primary N) is 1. The van der Waals surface area contributed by atoms with Gasteiger partial charge in [-0.15, -0.1) is 0 Å².